The van der Waals surface area contributed by atoms with Crippen LogP contribution in [0.3, 0.4) is 0 Å². The molecule has 2 heterocycles. The summed E-state index contributed by atoms with van der Waals surface area (Å²) in [5, 5.41) is 3.67. The number of nitrogens with zero attached hydrogens (tertiary/aromatic N) is 3. The van der Waals surface area contributed by atoms with Gasteiger partial charge in [-0.25, -0.2) is 9.78 Å². The highest BCUT2D eigenvalue weighted by Crippen LogP contribution is 2.30. The molecule has 0 bridgehead atoms. The van der Waals surface area contributed by atoms with Crippen molar-refractivity contribution in [2.75, 3.05) is 13.1 Å². The zero-order valence-corrected chi connectivity index (χ0v) is 15.2. The Kier molecular flexibility index (Phi) is 5.01. The molecule has 0 spiro atoms. The number of hydrogen-bond acceptors (Lipinski definition) is 4. The fourth-order valence-corrected chi connectivity index (χ4v) is 3.90. The molecule has 1 N–H and O–H groups in total. The summed E-state index contributed by atoms with van der Waals surface area (Å²) in [6.45, 7) is 5.64. The summed E-state index contributed by atoms with van der Waals surface area (Å²) in [7, 11) is 0. The van der Waals surface area contributed by atoms with Crippen molar-refractivity contribution in [2.45, 2.75) is 37.2 Å². The number of amides is 3. The van der Waals surface area contributed by atoms with Crippen LogP contribution in [0.25, 0.3) is 11.0 Å². The maximum Gasteiger partial charge on any atom is 0.324 e. The summed E-state index contributed by atoms with van der Waals surface area (Å²) in [4.78, 5) is 30.0. The Hall–Kier alpha value is -1.73. The first-order chi connectivity index (χ1) is 11.5. The van der Waals surface area contributed by atoms with E-state index in [2.05, 4.69) is 21.8 Å². The largest absolute Gasteiger partial charge is 0.336 e. The highest BCUT2D eigenvalue weighted by molar-refractivity contribution is 8.00. The lowest BCUT2D eigenvalue weighted by Crippen LogP contribution is -2.39. The molecule has 1 fully saturated rings. The van der Waals surface area contributed by atoms with Crippen molar-refractivity contribution in [3.63, 3.8) is 0 Å². The van der Waals surface area contributed by atoms with Crippen LogP contribution < -0.4 is 5.32 Å². The van der Waals surface area contributed by atoms with Gasteiger partial charge in [0.15, 0.2) is 5.16 Å². The van der Waals surface area contributed by atoms with E-state index in [-0.39, 0.29) is 11.9 Å². The second-order valence-corrected chi connectivity index (χ2v) is 7.41. The summed E-state index contributed by atoms with van der Waals surface area (Å²) in [5.74, 6) is -0.192. The number of nitrogens with one attached hydrogen (secondary N) is 1. The average molecular weight is 367 g/mol. The zero-order valence-electron chi connectivity index (χ0n) is 13.6. The monoisotopic (exact) mass is 366 g/mol. The van der Waals surface area contributed by atoms with E-state index in [0.717, 1.165) is 29.2 Å². The number of fused-ring (bicyclic) bond motifs is 1. The first-order valence-electron chi connectivity index (χ1n) is 7.93. The second kappa shape index (κ2) is 7.03. The third-order valence-electron chi connectivity index (χ3n) is 3.88. The summed E-state index contributed by atoms with van der Waals surface area (Å²) < 4.78 is 2.10. The molecule has 24 heavy (non-hydrogen) atoms. The number of imidazole rings is 1. The molecule has 1 aromatic heterocycles. The van der Waals surface area contributed by atoms with Gasteiger partial charge in [0, 0.05) is 24.7 Å². The fraction of sp³-hybridized carbons (Fsp3) is 0.438. The third kappa shape index (κ3) is 3.23. The van der Waals surface area contributed by atoms with Gasteiger partial charge in [0.05, 0.1) is 16.3 Å². The van der Waals surface area contributed by atoms with E-state index in [1.807, 2.05) is 18.2 Å². The molecule has 0 unspecified atom stereocenters. The van der Waals surface area contributed by atoms with Gasteiger partial charge in [-0.3, -0.25) is 9.69 Å². The zero-order chi connectivity index (χ0) is 17.3. The smallest absolute Gasteiger partial charge is 0.324 e. The van der Waals surface area contributed by atoms with Crippen LogP contribution in [0, 0.1) is 0 Å². The minimum Gasteiger partial charge on any atom is -0.336 e. The second-order valence-electron chi connectivity index (χ2n) is 5.66. The van der Waals surface area contributed by atoms with E-state index in [1.54, 1.807) is 6.92 Å². The summed E-state index contributed by atoms with van der Waals surface area (Å²) >= 11 is 7.43. The Bertz CT molecular complexity index is 792. The molecule has 2 aromatic rings. The summed E-state index contributed by atoms with van der Waals surface area (Å²) in [5.41, 5.74) is 1.82. The van der Waals surface area contributed by atoms with Gasteiger partial charge < -0.3 is 9.88 Å². The Morgan fingerprint density at radius 2 is 2.29 bits per heavy atom. The van der Waals surface area contributed by atoms with Gasteiger partial charge in [-0.05, 0) is 31.5 Å². The minimum atomic E-state index is -0.392. The van der Waals surface area contributed by atoms with E-state index in [0.29, 0.717) is 18.1 Å². The van der Waals surface area contributed by atoms with Crippen LogP contribution in [0.5, 0.6) is 0 Å². The third-order valence-corrected chi connectivity index (χ3v) is 5.19. The van der Waals surface area contributed by atoms with Gasteiger partial charge in [0.2, 0.25) is 5.91 Å². The lowest BCUT2D eigenvalue weighted by atomic mass is 10.3. The van der Waals surface area contributed by atoms with Crippen LogP contribution in [0.15, 0.2) is 23.4 Å². The Labute approximate surface area is 149 Å². The van der Waals surface area contributed by atoms with Crippen LogP contribution in [0.4, 0.5) is 4.79 Å². The normalized spacial score (nSPS) is 15.8. The maximum atomic E-state index is 12.5. The van der Waals surface area contributed by atoms with E-state index in [9.17, 15) is 9.59 Å². The van der Waals surface area contributed by atoms with Gasteiger partial charge in [-0.15, -0.1) is 0 Å². The number of halogens is 1. The molecule has 3 rings (SSSR count). The molecule has 3 amide bonds. The Morgan fingerprint density at radius 1 is 1.50 bits per heavy atom. The molecule has 1 aromatic carbocycles. The van der Waals surface area contributed by atoms with Crippen molar-refractivity contribution in [1.29, 1.82) is 0 Å². The number of thioether (sulfide) groups is 1. The van der Waals surface area contributed by atoms with Crippen molar-refractivity contribution in [2.24, 2.45) is 0 Å². The van der Waals surface area contributed by atoms with E-state index in [1.165, 1.54) is 16.7 Å². The number of rotatable bonds is 5. The SMILES string of the molecule is CCCn1c(S[C@H](C)C(=O)N2CCNC2=O)nc2cc(Cl)ccc21. The van der Waals surface area contributed by atoms with E-state index < -0.39 is 5.25 Å². The van der Waals surface area contributed by atoms with Gasteiger partial charge in [-0.2, -0.15) is 0 Å². The van der Waals surface area contributed by atoms with Crippen LogP contribution in [-0.4, -0.2) is 44.7 Å². The molecule has 8 heteroatoms. The lowest BCUT2D eigenvalue weighted by Gasteiger charge is -2.17. The number of hydrogen-bond donors (Lipinski definition) is 1. The molecule has 0 radical (unpaired) electrons. The highest BCUT2D eigenvalue weighted by Gasteiger charge is 2.31. The molecule has 1 aliphatic rings. The van der Waals surface area contributed by atoms with Crippen molar-refractivity contribution >= 4 is 46.3 Å². The van der Waals surface area contributed by atoms with Crippen molar-refractivity contribution in [3.8, 4) is 0 Å². The number of urea groups is 1. The predicted molar refractivity (Wildman–Crippen MR) is 95.5 cm³/mol. The van der Waals surface area contributed by atoms with Gasteiger partial charge >= 0.3 is 6.03 Å². The number of carbonyl (C=O) groups excluding carboxylic acids is 2. The molecular formula is C16H19ClN4O2S. The number of aryl methyl sites for hydroxylation is 1. The molecule has 1 atom stereocenters. The first kappa shape index (κ1) is 17.1. The first-order valence-corrected chi connectivity index (χ1v) is 9.18. The van der Waals surface area contributed by atoms with Crippen LogP contribution in [0.1, 0.15) is 20.3 Å². The van der Waals surface area contributed by atoms with Gasteiger partial charge in [0.1, 0.15) is 0 Å². The topological polar surface area (TPSA) is 67.2 Å². The predicted octanol–water partition coefficient (Wildman–Crippen LogP) is 3.13. The molecule has 0 aliphatic carbocycles. The lowest BCUT2D eigenvalue weighted by molar-refractivity contribution is -0.126. The van der Waals surface area contributed by atoms with Crippen molar-refractivity contribution in [1.82, 2.24) is 19.8 Å². The fourth-order valence-electron chi connectivity index (χ4n) is 2.72. The quantitative estimate of drug-likeness (QED) is 0.825. The molecule has 6 nitrogen and oxygen atoms in total. The van der Waals surface area contributed by atoms with Gasteiger partial charge in [-0.1, -0.05) is 30.3 Å². The number of imide groups is 1. The number of carbonyl (C=O) groups is 2. The van der Waals surface area contributed by atoms with E-state index in [4.69, 9.17) is 11.6 Å². The van der Waals surface area contributed by atoms with Crippen molar-refractivity contribution < 1.29 is 9.59 Å². The standard InChI is InChI=1S/C16H19ClN4O2S/c1-3-7-20-13-5-4-11(17)9-12(13)19-16(20)24-10(2)14(22)21-8-6-18-15(21)23/h4-5,9-10H,3,6-8H2,1-2H3,(H,18,23)/t10-/m1/s1. The summed E-state index contributed by atoms with van der Waals surface area (Å²) in [6.07, 6.45) is 0.957. The molecule has 0 saturated carbocycles. The highest BCUT2D eigenvalue weighted by atomic mass is 35.5. The minimum absolute atomic E-state index is 0.192. The number of benzene rings is 1. The van der Waals surface area contributed by atoms with Crippen LogP contribution in [-0.2, 0) is 11.3 Å². The van der Waals surface area contributed by atoms with Crippen molar-refractivity contribution in [3.05, 3.63) is 23.2 Å². The van der Waals surface area contributed by atoms with Gasteiger partial charge in [0.25, 0.3) is 0 Å². The van der Waals surface area contributed by atoms with E-state index >= 15 is 0 Å². The molecule has 1 aliphatic heterocycles. The number of aromatic nitrogens is 2. The average Bonchev–Trinajstić information content (AvgIpc) is 3.11. The van der Waals surface area contributed by atoms with Crippen LogP contribution in [0.2, 0.25) is 5.02 Å². The molecule has 128 valence electrons. The molecule has 1 saturated heterocycles. The maximum absolute atomic E-state index is 12.5. The Balaban J connectivity index is 1.87. The Morgan fingerprint density at radius 3 is 2.96 bits per heavy atom. The summed E-state index contributed by atoms with van der Waals surface area (Å²) in [6, 6.07) is 5.30. The molecular weight excluding hydrogens is 348 g/mol. The van der Waals surface area contributed by atoms with Crippen LogP contribution >= 0.6 is 23.4 Å².